The standard InChI is InChI=1S/C28H30FN5O3/c1-17-15-31-27-32-25(33-34(27)16-17)12-22-24(35)13-28(37-26(22)36,20-5-3-4-6-20)10-9-19-7-8-21(18(2)14-30)23(29)11-19/h7-8,11,15-16,18,20,22H,3-6,9-10,12-13H2,1-2H3. The minimum atomic E-state index is -0.947. The van der Waals surface area contributed by atoms with E-state index in [-0.39, 0.29) is 24.5 Å². The van der Waals surface area contributed by atoms with Crippen molar-refractivity contribution in [2.24, 2.45) is 11.8 Å². The van der Waals surface area contributed by atoms with Crippen molar-refractivity contribution in [1.29, 1.82) is 5.26 Å². The van der Waals surface area contributed by atoms with Crippen molar-refractivity contribution in [3.05, 3.63) is 58.9 Å². The molecule has 1 aromatic carbocycles. The number of carbonyl (C=O) groups is 2. The monoisotopic (exact) mass is 503 g/mol. The maximum absolute atomic E-state index is 14.6. The van der Waals surface area contributed by atoms with Crippen LogP contribution in [0.2, 0.25) is 0 Å². The Bertz CT molecular complexity index is 1370. The van der Waals surface area contributed by atoms with Crippen molar-refractivity contribution < 1.29 is 18.7 Å². The number of esters is 1. The molecule has 0 bridgehead atoms. The van der Waals surface area contributed by atoms with Crippen LogP contribution in [0.1, 0.15) is 73.9 Å². The van der Waals surface area contributed by atoms with Crippen LogP contribution in [0.25, 0.3) is 5.78 Å². The minimum absolute atomic E-state index is 0.0740. The summed E-state index contributed by atoms with van der Waals surface area (Å²) in [6, 6.07) is 6.97. The number of aryl methyl sites for hydroxylation is 2. The smallest absolute Gasteiger partial charge is 0.317 e. The zero-order chi connectivity index (χ0) is 26.2. The summed E-state index contributed by atoms with van der Waals surface area (Å²) in [5, 5.41) is 13.5. The number of nitrogens with zero attached hydrogens (tertiary/aromatic N) is 5. The Morgan fingerprint density at radius 2 is 2.08 bits per heavy atom. The van der Waals surface area contributed by atoms with E-state index in [1.165, 1.54) is 6.07 Å². The molecular formula is C28H30FN5O3. The van der Waals surface area contributed by atoms with E-state index in [0.717, 1.165) is 36.8 Å². The first kappa shape index (κ1) is 25.0. The van der Waals surface area contributed by atoms with Crippen LogP contribution < -0.4 is 0 Å². The predicted octanol–water partition coefficient (Wildman–Crippen LogP) is 4.44. The highest BCUT2D eigenvalue weighted by atomic mass is 19.1. The largest absolute Gasteiger partial charge is 0.458 e. The van der Waals surface area contributed by atoms with Crippen LogP contribution in [0.4, 0.5) is 4.39 Å². The van der Waals surface area contributed by atoms with Crippen molar-refractivity contribution in [3.8, 4) is 6.07 Å². The summed E-state index contributed by atoms with van der Waals surface area (Å²) >= 11 is 0. The maximum Gasteiger partial charge on any atom is 0.317 e. The van der Waals surface area contributed by atoms with Gasteiger partial charge in [-0.25, -0.2) is 13.9 Å². The maximum atomic E-state index is 14.6. The molecule has 2 aromatic heterocycles. The molecule has 0 spiro atoms. The Kier molecular flexibility index (Phi) is 6.76. The number of hydrogen-bond donors (Lipinski definition) is 0. The number of halogens is 1. The molecule has 37 heavy (non-hydrogen) atoms. The number of carbonyl (C=O) groups excluding carboxylic acids is 2. The number of rotatable bonds is 7. The Balaban J connectivity index is 1.34. The molecule has 1 saturated heterocycles. The van der Waals surface area contributed by atoms with E-state index in [4.69, 9.17) is 10.00 Å². The first-order valence-electron chi connectivity index (χ1n) is 12.9. The highest BCUT2D eigenvalue weighted by Gasteiger charge is 2.51. The van der Waals surface area contributed by atoms with Crippen LogP contribution in [-0.4, -0.2) is 36.9 Å². The van der Waals surface area contributed by atoms with E-state index in [1.54, 1.807) is 29.9 Å². The fourth-order valence-electron chi connectivity index (χ4n) is 5.77. The van der Waals surface area contributed by atoms with Crippen LogP contribution in [0.3, 0.4) is 0 Å². The van der Waals surface area contributed by atoms with Crippen molar-refractivity contribution in [2.75, 3.05) is 0 Å². The quantitative estimate of drug-likeness (QED) is 0.346. The van der Waals surface area contributed by atoms with E-state index < -0.39 is 29.2 Å². The molecule has 8 nitrogen and oxygen atoms in total. The van der Waals surface area contributed by atoms with Gasteiger partial charge in [-0.1, -0.05) is 25.0 Å². The summed E-state index contributed by atoms with van der Waals surface area (Å²) in [5.41, 5.74) is 1.16. The lowest BCUT2D eigenvalue weighted by atomic mass is 9.73. The van der Waals surface area contributed by atoms with Crippen LogP contribution in [-0.2, 0) is 27.2 Å². The lowest BCUT2D eigenvalue weighted by Gasteiger charge is -2.43. The molecule has 0 radical (unpaired) electrons. The second-order valence-corrected chi connectivity index (χ2v) is 10.5. The summed E-state index contributed by atoms with van der Waals surface area (Å²) in [6.07, 6.45) is 8.49. The topological polar surface area (TPSA) is 110 Å². The van der Waals surface area contributed by atoms with Gasteiger partial charge in [0.25, 0.3) is 5.78 Å². The van der Waals surface area contributed by atoms with Crippen LogP contribution >= 0.6 is 0 Å². The SMILES string of the molecule is Cc1cnc2nc(CC3C(=O)CC(CCc4ccc(C(C)C#N)c(F)c4)(C4CCCC4)OC3=O)nn2c1. The Morgan fingerprint density at radius 1 is 1.30 bits per heavy atom. The number of fused-ring (bicyclic) bond motifs is 1. The average molecular weight is 504 g/mol. The molecule has 3 aromatic rings. The second-order valence-electron chi connectivity index (χ2n) is 10.5. The van der Waals surface area contributed by atoms with Crippen molar-refractivity contribution >= 4 is 17.5 Å². The molecule has 3 atom stereocenters. The summed E-state index contributed by atoms with van der Waals surface area (Å²) < 4.78 is 22.3. The molecule has 1 aliphatic carbocycles. The Hall–Kier alpha value is -3.67. The predicted molar refractivity (Wildman–Crippen MR) is 132 cm³/mol. The molecule has 1 aliphatic heterocycles. The number of cyclic esters (lactones) is 1. The fraction of sp³-hybridized carbons (Fsp3) is 0.500. The highest BCUT2D eigenvalue weighted by molar-refractivity contribution is 6.01. The molecule has 5 rings (SSSR count). The molecule has 0 amide bonds. The molecule has 0 N–H and O–H groups in total. The molecule has 3 unspecified atom stereocenters. The average Bonchev–Trinajstić information content (AvgIpc) is 3.55. The first-order chi connectivity index (χ1) is 17.8. The third-order valence-corrected chi connectivity index (χ3v) is 7.86. The van der Waals surface area contributed by atoms with Gasteiger partial charge < -0.3 is 4.74 Å². The molecular weight excluding hydrogens is 473 g/mol. The van der Waals surface area contributed by atoms with Crippen LogP contribution in [0.5, 0.6) is 0 Å². The summed E-state index contributed by atoms with van der Waals surface area (Å²) in [7, 11) is 0. The Morgan fingerprint density at radius 3 is 2.78 bits per heavy atom. The molecule has 2 fully saturated rings. The van der Waals surface area contributed by atoms with Gasteiger partial charge in [-0.2, -0.15) is 10.2 Å². The van der Waals surface area contributed by atoms with E-state index in [9.17, 15) is 14.0 Å². The van der Waals surface area contributed by atoms with Gasteiger partial charge in [-0.3, -0.25) is 9.59 Å². The zero-order valence-electron chi connectivity index (χ0n) is 21.1. The summed E-state index contributed by atoms with van der Waals surface area (Å²) in [6.45, 7) is 3.56. The molecule has 3 heterocycles. The zero-order valence-corrected chi connectivity index (χ0v) is 21.1. The summed E-state index contributed by atoms with van der Waals surface area (Å²) in [4.78, 5) is 35.3. The van der Waals surface area contributed by atoms with Gasteiger partial charge in [0.1, 0.15) is 17.3 Å². The molecule has 1 saturated carbocycles. The van der Waals surface area contributed by atoms with Gasteiger partial charge in [0.05, 0.1) is 12.0 Å². The molecule has 9 heteroatoms. The van der Waals surface area contributed by atoms with Crippen LogP contribution in [0, 0.1) is 35.9 Å². The number of nitriles is 1. The van der Waals surface area contributed by atoms with E-state index in [0.29, 0.717) is 30.0 Å². The van der Waals surface area contributed by atoms with Gasteiger partial charge in [0.2, 0.25) is 0 Å². The fourth-order valence-corrected chi connectivity index (χ4v) is 5.77. The molecule has 2 aliphatic rings. The number of aromatic nitrogens is 4. The van der Waals surface area contributed by atoms with Gasteiger partial charge in [-0.05, 0) is 62.6 Å². The van der Waals surface area contributed by atoms with Gasteiger partial charge in [0, 0.05) is 30.8 Å². The third-order valence-electron chi connectivity index (χ3n) is 7.86. The number of hydrogen-bond acceptors (Lipinski definition) is 7. The van der Waals surface area contributed by atoms with Gasteiger partial charge in [0.15, 0.2) is 11.6 Å². The number of ether oxygens (including phenoxy) is 1. The van der Waals surface area contributed by atoms with Crippen molar-refractivity contribution in [3.63, 3.8) is 0 Å². The van der Waals surface area contributed by atoms with Gasteiger partial charge in [-0.15, -0.1) is 5.10 Å². The first-order valence-corrected chi connectivity index (χ1v) is 12.9. The Labute approximate surface area is 214 Å². The highest BCUT2D eigenvalue weighted by Crippen LogP contribution is 2.45. The summed E-state index contributed by atoms with van der Waals surface area (Å²) in [5.74, 6) is -1.69. The normalized spacial score (nSPS) is 23.2. The van der Waals surface area contributed by atoms with Crippen LogP contribution in [0.15, 0.2) is 30.6 Å². The van der Waals surface area contributed by atoms with Crippen molar-refractivity contribution in [1.82, 2.24) is 19.6 Å². The van der Waals surface area contributed by atoms with E-state index in [2.05, 4.69) is 21.1 Å². The van der Waals surface area contributed by atoms with Crippen molar-refractivity contribution in [2.45, 2.75) is 76.7 Å². The lowest BCUT2D eigenvalue weighted by molar-refractivity contribution is -0.185. The van der Waals surface area contributed by atoms with E-state index >= 15 is 0 Å². The third kappa shape index (κ3) is 4.97. The minimum Gasteiger partial charge on any atom is -0.458 e. The molecule has 192 valence electrons. The number of benzene rings is 1. The number of Topliss-reactive ketones (excluding diaryl/α,β-unsaturated/α-hetero) is 1. The number of ketones is 1. The van der Waals surface area contributed by atoms with E-state index in [1.807, 2.05) is 13.0 Å². The lowest BCUT2D eigenvalue weighted by Crippen LogP contribution is -2.52. The second kappa shape index (κ2) is 10.0. The van der Waals surface area contributed by atoms with Gasteiger partial charge >= 0.3 is 5.97 Å².